The van der Waals surface area contributed by atoms with Crippen LogP contribution in [0.4, 0.5) is 5.69 Å². The molecule has 0 spiro atoms. The number of hydrogen-bond donors (Lipinski definition) is 1. The van der Waals surface area contributed by atoms with E-state index in [1.165, 1.54) is 5.56 Å². The molecule has 0 aliphatic carbocycles. The second-order valence-corrected chi connectivity index (χ2v) is 7.33. The lowest BCUT2D eigenvalue weighted by molar-refractivity contribution is 0.590. The molecule has 1 N–H and O–H groups in total. The van der Waals surface area contributed by atoms with Crippen molar-refractivity contribution >= 4 is 17.0 Å². The molecule has 3 aromatic rings. The van der Waals surface area contributed by atoms with Gasteiger partial charge >= 0.3 is 0 Å². The van der Waals surface area contributed by atoms with E-state index in [0.717, 1.165) is 34.1 Å². The summed E-state index contributed by atoms with van der Waals surface area (Å²) in [6.45, 7) is 12.4. The lowest BCUT2D eigenvalue weighted by atomic mass is 9.87. The van der Waals surface area contributed by atoms with Crippen LogP contribution in [-0.4, -0.2) is 25.5 Å². The molecule has 0 atom stereocenters. The molecule has 6 heteroatoms. The molecule has 2 aromatic heterocycles. The average molecular weight is 336 g/mol. The van der Waals surface area contributed by atoms with Crippen LogP contribution in [0.15, 0.2) is 35.4 Å². The summed E-state index contributed by atoms with van der Waals surface area (Å²) in [5.41, 5.74) is 9.54. The standard InChI is InChI=1S/C19H24N6/c1-12-11-17-22-23-18(14(3)25(17)24-12)13(2)20-21-16-9-7-15(8-10-16)19(4,5)6/h7-11,21H,1-6H3/b20-13+. The quantitative estimate of drug-likeness (QED) is 0.582. The molecule has 1 aromatic carbocycles. The van der Waals surface area contributed by atoms with E-state index in [1.807, 2.05) is 39.0 Å². The molecule has 130 valence electrons. The van der Waals surface area contributed by atoms with Gasteiger partial charge in [-0.3, -0.25) is 5.43 Å². The van der Waals surface area contributed by atoms with Gasteiger partial charge in [-0.25, -0.2) is 4.52 Å². The van der Waals surface area contributed by atoms with Gasteiger partial charge in [-0.1, -0.05) is 32.9 Å². The van der Waals surface area contributed by atoms with E-state index >= 15 is 0 Å². The summed E-state index contributed by atoms with van der Waals surface area (Å²) in [4.78, 5) is 0. The molecule has 3 rings (SSSR count). The predicted molar refractivity (Wildman–Crippen MR) is 101 cm³/mol. The minimum absolute atomic E-state index is 0.141. The van der Waals surface area contributed by atoms with Crippen molar-refractivity contribution in [2.45, 2.75) is 47.0 Å². The Morgan fingerprint density at radius 1 is 1.08 bits per heavy atom. The van der Waals surface area contributed by atoms with Crippen molar-refractivity contribution in [2.75, 3.05) is 5.43 Å². The fourth-order valence-electron chi connectivity index (χ4n) is 2.66. The molecule has 0 aliphatic heterocycles. The lowest BCUT2D eigenvalue weighted by Gasteiger charge is -2.19. The Kier molecular flexibility index (Phi) is 4.29. The molecule has 25 heavy (non-hydrogen) atoms. The Labute approximate surface area is 148 Å². The van der Waals surface area contributed by atoms with Crippen molar-refractivity contribution in [2.24, 2.45) is 5.10 Å². The van der Waals surface area contributed by atoms with Gasteiger partial charge in [0.05, 0.1) is 22.8 Å². The smallest absolute Gasteiger partial charge is 0.177 e. The fraction of sp³-hybridized carbons (Fsp3) is 0.368. The number of aryl methyl sites for hydroxylation is 2. The highest BCUT2D eigenvalue weighted by Crippen LogP contribution is 2.23. The maximum atomic E-state index is 4.45. The van der Waals surface area contributed by atoms with Crippen LogP contribution in [0.2, 0.25) is 0 Å². The molecule has 0 fully saturated rings. The summed E-state index contributed by atoms with van der Waals surface area (Å²) in [6, 6.07) is 10.2. The Bertz CT molecular complexity index is 929. The fourth-order valence-corrected chi connectivity index (χ4v) is 2.66. The molecule has 0 amide bonds. The van der Waals surface area contributed by atoms with Gasteiger partial charge in [-0.05, 0) is 43.9 Å². The van der Waals surface area contributed by atoms with Crippen molar-refractivity contribution in [1.82, 2.24) is 19.8 Å². The van der Waals surface area contributed by atoms with Crippen LogP contribution in [-0.2, 0) is 5.41 Å². The van der Waals surface area contributed by atoms with E-state index in [9.17, 15) is 0 Å². The second kappa shape index (κ2) is 6.27. The van der Waals surface area contributed by atoms with Gasteiger partial charge in [0.25, 0.3) is 0 Å². The number of nitrogens with one attached hydrogen (secondary N) is 1. The molecule has 0 radical (unpaired) electrons. The Hall–Kier alpha value is -2.76. The summed E-state index contributed by atoms with van der Waals surface area (Å²) in [6.07, 6.45) is 0. The molecule has 0 aliphatic rings. The first-order valence-corrected chi connectivity index (χ1v) is 8.36. The number of benzene rings is 1. The van der Waals surface area contributed by atoms with E-state index in [2.05, 4.69) is 58.7 Å². The summed E-state index contributed by atoms with van der Waals surface area (Å²) in [5.74, 6) is 0. The van der Waals surface area contributed by atoms with Crippen LogP contribution in [0.1, 0.15) is 50.3 Å². The van der Waals surface area contributed by atoms with Crippen molar-refractivity contribution < 1.29 is 0 Å². The first kappa shape index (κ1) is 17.1. The van der Waals surface area contributed by atoms with E-state index in [1.54, 1.807) is 4.52 Å². The molecular weight excluding hydrogens is 312 g/mol. The van der Waals surface area contributed by atoms with E-state index in [0.29, 0.717) is 0 Å². The van der Waals surface area contributed by atoms with Crippen LogP contribution in [0, 0.1) is 13.8 Å². The summed E-state index contributed by atoms with van der Waals surface area (Å²) < 4.78 is 1.80. The minimum Gasteiger partial charge on any atom is -0.278 e. The van der Waals surface area contributed by atoms with Crippen LogP contribution >= 0.6 is 0 Å². The van der Waals surface area contributed by atoms with Crippen LogP contribution < -0.4 is 5.43 Å². The third-order valence-corrected chi connectivity index (χ3v) is 4.17. The van der Waals surface area contributed by atoms with Gasteiger partial charge in [-0.2, -0.15) is 10.2 Å². The molecule has 2 heterocycles. The Morgan fingerprint density at radius 2 is 1.76 bits per heavy atom. The molecule has 0 bridgehead atoms. The maximum absolute atomic E-state index is 4.45. The highest BCUT2D eigenvalue weighted by Gasteiger charge is 2.13. The zero-order valence-corrected chi connectivity index (χ0v) is 15.6. The molecular formula is C19H24N6. The third kappa shape index (κ3) is 3.52. The Balaban J connectivity index is 1.83. The number of aromatic nitrogens is 4. The van der Waals surface area contributed by atoms with Crippen molar-refractivity contribution in [1.29, 1.82) is 0 Å². The zero-order chi connectivity index (χ0) is 18.2. The maximum Gasteiger partial charge on any atom is 0.177 e. The van der Waals surface area contributed by atoms with Gasteiger partial charge in [-0.15, -0.1) is 10.2 Å². The topological polar surface area (TPSA) is 67.5 Å². The number of rotatable bonds is 3. The number of hydrazone groups is 1. The SMILES string of the molecule is C/C(=N\Nc1ccc(C(C)(C)C)cc1)c1nnc2cc(C)nn2c1C. The summed E-state index contributed by atoms with van der Waals surface area (Å²) in [5, 5.41) is 17.4. The number of hydrogen-bond acceptors (Lipinski definition) is 5. The van der Waals surface area contributed by atoms with Gasteiger partial charge in [0.15, 0.2) is 5.65 Å². The lowest BCUT2D eigenvalue weighted by Crippen LogP contribution is -2.12. The molecule has 0 unspecified atom stereocenters. The predicted octanol–water partition coefficient (Wildman–Crippen LogP) is 3.87. The number of nitrogens with zero attached hydrogens (tertiary/aromatic N) is 5. The van der Waals surface area contributed by atoms with Gasteiger partial charge < -0.3 is 0 Å². The van der Waals surface area contributed by atoms with Crippen molar-refractivity contribution in [3.63, 3.8) is 0 Å². The zero-order valence-electron chi connectivity index (χ0n) is 15.6. The largest absolute Gasteiger partial charge is 0.278 e. The third-order valence-electron chi connectivity index (χ3n) is 4.17. The minimum atomic E-state index is 0.141. The first-order chi connectivity index (χ1) is 11.8. The monoisotopic (exact) mass is 336 g/mol. The van der Waals surface area contributed by atoms with Crippen LogP contribution in [0.3, 0.4) is 0 Å². The van der Waals surface area contributed by atoms with Crippen molar-refractivity contribution in [3.05, 3.63) is 53.0 Å². The van der Waals surface area contributed by atoms with Crippen molar-refractivity contribution in [3.8, 4) is 0 Å². The Morgan fingerprint density at radius 3 is 2.40 bits per heavy atom. The molecule has 0 saturated heterocycles. The van der Waals surface area contributed by atoms with Gasteiger partial charge in [0, 0.05) is 6.07 Å². The highest BCUT2D eigenvalue weighted by atomic mass is 15.3. The van der Waals surface area contributed by atoms with E-state index < -0.39 is 0 Å². The first-order valence-electron chi connectivity index (χ1n) is 8.36. The van der Waals surface area contributed by atoms with E-state index in [4.69, 9.17) is 0 Å². The van der Waals surface area contributed by atoms with Gasteiger partial charge in [0.1, 0.15) is 5.69 Å². The number of anilines is 1. The van der Waals surface area contributed by atoms with Crippen LogP contribution in [0.25, 0.3) is 5.65 Å². The summed E-state index contributed by atoms with van der Waals surface area (Å²) in [7, 11) is 0. The highest BCUT2D eigenvalue weighted by molar-refractivity contribution is 5.98. The summed E-state index contributed by atoms with van der Waals surface area (Å²) >= 11 is 0. The molecule has 0 saturated carbocycles. The van der Waals surface area contributed by atoms with E-state index in [-0.39, 0.29) is 5.41 Å². The van der Waals surface area contributed by atoms with Crippen LogP contribution in [0.5, 0.6) is 0 Å². The van der Waals surface area contributed by atoms with Gasteiger partial charge in [0.2, 0.25) is 0 Å². The molecule has 6 nitrogen and oxygen atoms in total. The number of fused-ring (bicyclic) bond motifs is 1. The normalized spacial score (nSPS) is 12.6. The average Bonchev–Trinajstić information content (AvgIpc) is 2.94. The second-order valence-electron chi connectivity index (χ2n) is 7.33.